The van der Waals surface area contributed by atoms with Crippen LogP contribution >= 0.6 is 0 Å². The number of H-pyrrole nitrogens is 1. The highest BCUT2D eigenvalue weighted by Crippen LogP contribution is 2.39. The van der Waals surface area contributed by atoms with Crippen LogP contribution in [0, 0.1) is 17.0 Å². The maximum absolute atomic E-state index is 11.2. The first-order chi connectivity index (χ1) is 11.0. The van der Waals surface area contributed by atoms with Crippen LogP contribution in [0.5, 0.6) is 11.5 Å². The maximum Gasteiger partial charge on any atom is 0.311 e. The van der Waals surface area contributed by atoms with E-state index in [9.17, 15) is 10.1 Å². The van der Waals surface area contributed by atoms with E-state index in [2.05, 4.69) is 9.97 Å². The third-order valence-electron chi connectivity index (χ3n) is 3.59. The van der Waals surface area contributed by atoms with Crippen molar-refractivity contribution >= 4 is 16.7 Å². The summed E-state index contributed by atoms with van der Waals surface area (Å²) in [4.78, 5) is 18.4. The lowest BCUT2D eigenvalue weighted by Crippen LogP contribution is -1.97. The number of hydrogen-bond donors (Lipinski definition) is 1. The molecule has 118 valence electrons. The van der Waals surface area contributed by atoms with Crippen molar-refractivity contribution in [2.75, 3.05) is 14.2 Å². The number of aryl methyl sites for hydroxylation is 1. The number of rotatable bonds is 4. The van der Waals surface area contributed by atoms with Crippen LogP contribution in [0.4, 0.5) is 5.69 Å². The number of hydrogen-bond acceptors (Lipinski definition) is 5. The Morgan fingerprint density at radius 2 is 1.87 bits per heavy atom. The number of nitrogens with zero attached hydrogens (tertiary/aromatic N) is 2. The molecule has 0 atom stereocenters. The van der Waals surface area contributed by atoms with Gasteiger partial charge >= 0.3 is 5.69 Å². The molecule has 0 unspecified atom stereocenters. The number of benzene rings is 2. The minimum absolute atomic E-state index is 0.139. The van der Waals surface area contributed by atoms with Crippen LogP contribution in [0.1, 0.15) is 5.56 Å². The second-order valence-electron chi connectivity index (χ2n) is 5.09. The van der Waals surface area contributed by atoms with Crippen molar-refractivity contribution in [2.24, 2.45) is 0 Å². The van der Waals surface area contributed by atoms with E-state index >= 15 is 0 Å². The topological polar surface area (TPSA) is 90.3 Å². The minimum atomic E-state index is -0.491. The summed E-state index contributed by atoms with van der Waals surface area (Å²) in [6.07, 6.45) is 0. The van der Waals surface area contributed by atoms with Gasteiger partial charge in [-0.15, -0.1) is 0 Å². The lowest BCUT2D eigenvalue weighted by Gasteiger charge is -2.09. The van der Waals surface area contributed by atoms with Crippen molar-refractivity contribution in [3.8, 4) is 22.9 Å². The molecule has 0 fully saturated rings. The molecule has 0 aliphatic heterocycles. The summed E-state index contributed by atoms with van der Waals surface area (Å²) in [5, 5.41) is 11.2. The van der Waals surface area contributed by atoms with E-state index in [4.69, 9.17) is 9.47 Å². The number of ether oxygens (including phenoxy) is 2. The van der Waals surface area contributed by atoms with Gasteiger partial charge in [0.25, 0.3) is 0 Å². The molecule has 1 aromatic heterocycles. The van der Waals surface area contributed by atoms with Crippen molar-refractivity contribution in [1.29, 1.82) is 0 Å². The molecular formula is C16H15N3O4. The number of aromatic nitrogens is 2. The number of imidazole rings is 1. The van der Waals surface area contributed by atoms with E-state index in [-0.39, 0.29) is 11.4 Å². The van der Waals surface area contributed by atoms with Crippen molar-refractivity contribution in [3.05, 3.63) is 46.0 Å². The van der Waals surface area contributed by atoms with E-state index in [1.807, 2.05) is 25.1 Å². The fourth-order valence-electron chi connectivity index (χ4n) is 2.46. The molecule has 2 aromatic carbocycles. The average molecular weight is 313 g/mol. The molecule has 3 aromatic rings. The molecule has 0 spiro atoms. The van der Waals surface area contributed by atoms with Crippen molar-refractivity contribution in [3.63, 3.8) is 0 Å². The number of methoxy groups -OCH3 is 2. The van der Waals surface area contributed by atoms with Crippen molar-refractivity contribution < 1.29 is 14.4 Å². The third kappa shape index (κ3) is 2.57. The molecule has 3 rings (SSSR count). The average Bonchev–Trinajstić information content (AvgIpc) is 2.96. The van der Waals surface area contributed by atoms with Gasteiger partial charge in [0.15, 0.2) is 0 Å². The first kappa shape index (κ1) is 14.8. The van der Waals surface area contributed by atoms with Crippen LogP contribution in [0.15, 0.2) is 30.3 Å². The van der Waals surface area contributed by atoms with Gasteiger partial charge in [0.1, 0.15) is 11.6 Å². The molecule has 23 heavy (non-hydrogen) atoms. The lowest BCUT2D eigenvalue weighted by atomic mass is 10.1. The Morgan fingerprint density at radius 1 is 1.13 bits per heavy atom. The summed E-state index contributed by atoms with van der Waals surface area (Å²) < 4.78 is 10.4. The van der Waals surface area contributed by atoms with Gasteiger partial charge in [-0.2, -0.15) is 0 Å². The SMILES string of the molecule is COc1cc(OC)c([N+](=O)[O-])cc1-c1nc2ccc(C)cc2[nH]1. The van der Waals surface area contributed by atoms with Gasteiger partial charge in [-0.05, 0) is 24.6 Å². The predicted octanol–water partition coefficient (Wildman–Crippen LogP) is 3.46. The highest BCUT2D eigenvalue weighted by Gasteiger charge is 2.22. The van der Waals surface area contributed by atoms with E-state index in [0.717, 1.165) is 16.6 Å². The Morgan fingerprint density at radius 3 is 2.52 bits per heavy atom. The summed E-state index contributed by atoms with van der Waals surface area (Å²) in [7, 11) is 2.88. The van der Waals surface area contributed by atoms with Gasteiger partial charge < -0.3 is 14.5 Å². The summed E-state index contributed by atoms with van der Waals surface area (Å²) in [6.45, 7) is 1.98. The molecule has 0 radical (unpaired) electrons. The van der Waals surface area contributed by atoms with Gasteiger partial charge in [-0.1, -0.05) is 6.07 Å². The number of nitro groups is 1. The van der Waals surface area contributed by atoms with Crippen LogP contribution in [-0.2, 0) is 0 Å². The van der Waals surface area contributed by atoms with E-state index in [1.165, 1.54) is 26.4 Å². The van der Waals surface area contributed by atoms with Gasteiger partial charge in [0.2, 0.25) is 5.75 Å². The molecular weight excluding hydrogens is 298 g/mol. The highest BCUT2D eigenvalue weighted by atomic mass is 16.6. The Balaban J connectivity index is 2.23. The summed E-state index contributed by atoms with van der Waals surface area (Å²) in [6, 6.07) is 8.72. The number of nitrogens with one attached hydrogen (secondary N) is 1. The molecule has 0 bridgehead atoms. The van der Waals surface area contributed by atoms with E-state index in [0.29, 0.717) is 17.1 Å². The fraction of sp³-hybridized carbons (Fsp3) is 0.188. The number of aromatic amines is 1. The molecule has 1 N–H and O–H groups in total. The molecule has 1 heterocycles. The first-order valence-corrected chi connectivity index (χ1v) is 6.90. The Kier molecular flexibility index (Phi) is 3.61. The second-order valence-corrected chi connectivity index (χ2v) is 5.09. The highest BCUT2D eigenvalue weighted by molar-refractivity contribution is 5.82. The number of nitro benzene ring substituents is 1. The molecule has 0 saturated carbocycles. The fourth-order valence-corrected chi connectivity index (χ4v) is 2.46. The second kappa shape index (κ2) is 5.60. The molecule has 7 heteroatoms. The van der Waals surface area contributed by atoms with Gasteiger partial charge in [0.05, 0.1) is 35.7 Å². The quantitative estimate of drug-likeness (QED) is 0.588. The molecule has 0 aliphatic rings. The number of fused-ring (bicyclic) bond motifs is 1. The lowest BCUT2D eigenvalue weighted by molar-refractivity contribution is -0.385. The summed E-state index contributed by atoms with van der Waals surface area (Å²) in [5.41, 5.74) is 3.11. The Hall–Kier alpha value is -3.09. The van der Waals surface area contributed by atoms with Gasteiger partial charge in [0, 0.05) is 12.1 Å². The third-order valence-corrected chi connectivity index (χ3v) is 3.59. The Bertz CT molecular complexity index is 902. The smallest absolute Gasteiger partial charge is 0.311 e. The van der Waals surface area contributed by atoms with Crippen LogP contribution in [-0.4, -0.2) is 29.1 Å². The van der Waals surface area contributed by atoms with Gasteiger partial charge in [-0.3, -0.25) is 10.1 Å². The zero-order chi connectivity index (χ0) is 16.6. The minimum Gasteiger partial charge on any atom is -0.496 e. The Labute approximate surface area is 132 Å². The summed E-state index contributed by atoms with van der Waals surface area (Å²) in [5.74, 6) is 1.10. The van der Waals surface area contributed by atoms with Gasteiger partial charge in [-0.25, -0.2) is 4.98 Å². The molecule has 0 saturated heterocycles. The molecule has 7 nitrogen and oxygen atoms in total. The first-order valence-electron chi connectivity index (χ1n) is 6.90. The summed E-state index contributed by atoms with van der Waals surface area (Å²) >= 11 is 0. The zero-order valence-electron chi connectivity index (χ0n) is 12.9. The monoisotopic (exact) mass is 313 g/mol. The van der Waals surface area contributed by atoms with Crippen LogP contribution < -0.4 is 9.47 Å². The van der Waals surface area contributed by atoms with Crippen LogP contribution in [0.3, 0.4) is 0 Å². The van der Waals surface area contributed by atoms with E-state index in [1.54, 1.807) is 0 Å². The molecule has 0 aliphatic carbocycles. The largest absolute Gasteiger partial charge is 0.496 e. The zero-order valence-corrected chi connectivity index (χ0v) is 12.9. The molecule has 0 amide bonds. The van der Waals surface area contributed by atoms with Crippen molar-refractivity contribution in [2.45, 2.75) is 6.92 Å². The predicted molar refractivity (Wildman–Crippen MR) is 86.0 cm³/mol. The normalized spacial score (nSPS) is 10.7. The van der Waals surface area contributed by atoms with Crippen LogP contribution in [0.2, 0.25) is 0 Å². The van der Waals surface area contributed by atoms with Crippen molar-refractivity contribution in [1.82, 2.24) is 9.97 Å². The standard InChI is InChI=1S/C16H15N3O4/c1-9-4-5-11-12(6-9)18-16(17-11)10-7-13(19(20)21)15(23-3)8-14(10)22-2/h4-8H,1-3H3,(H,17,18). The van der Waals surface area contributed by atoms with Crippen LogP contribution in [0.25, 0.3) is 22.4 Å². The maximum atomic E-state index is 11.2. The van der Waals surface area contributed by atoms with E-state index < -0.39 is 4.92 Å².